The van der Waals surface area contributed by atoms with E-state index in [1.807, 2.05) is 52.2 Å². The fourth-order valence-corrected chi connectivity index (χ4v) is 4.48. The molecule has 3 aromatic heterocycles. The summed E-state index contributed by atoms with van der Waals surface area (Å²) in [7, 11) is 0. The Balaban J connectivity index is 1.40. The van der Waals surface area contributed by atoms with Gasteiger partial charge >= 0.3 is 0 Å². The van der Waals surface area contributed by atoms with Crippen molar-refractivity contribution in [3.05, 3.63) is 83.1 Å². The van der Waals surface area contributed by atoms with Crippen molar-refractivity contribution in [3.8, 4) is 0 Å². The lowest BCUT2D eigenvalue weighted by Crippen LogP contribution is -2.37. The highest BCUT2D eigenvalue weighted by Gasteiger charge is 2.30. The number of H-pyrrole nitrogens is 1. The van der Waals surface area contributed by atoms with Gasteiger partial charge in [0.1, 0.15) is 0 Å². The van der Waals surface area contributed by atoms with Crippen LogP contribution in [0, 0.1) is 5.92 Å². The average Bonchev–Trinajstić information content (AvgIpc) is 3.46. The summed E-state index contributed by atoms with van der Waals surface area (Å²) in [6.07, 6.45) is 5.97. The van der Waals surface area contributed by atoms with Crippen molar-refractivity contribution in [2.45, 2.75) is 39.9 Å². The van der Waals surface area contributed by atoms with Crippen LogP contribution in [-0.4, -0.2) is 43.0 Å². The molecule has 2 N–H and O–H groups in total. The predicted octanol–water partition coefficient (Wildman–Crippen LogP) is 3.54. The zero-order valence-corrected chi connectivity index (χ0v) is 19.4. The number of amides is 2. The van der Waals surface area contributed by atoms with Crippen LogP contribution in [0.4, 0.5) is 0 Å². The number of hydrogen-bond acceptors (Lipinski definition) is 4. The number of rotatable bonds is 6. The van der Waals surface area contributed by atoms with Gasteiger partial charge in [-0.25, -0.2) is 0 Å². The minimum Gasteiger partial charge on any atom is -0.361 e. The summed E-state index contributed by atoms with van der Waals surface area (Å²) in [4.78, 5) is 35.5. The highest BCUT2D eigenvalue weighted by atomic mass is 16.2. The molecule has 0 bridgehead atoms. The highest BCUT2D eigenvalue weighted by Crippen LogP contribution is 2.26. The monoisotopic (exact) mass is 456 g/mol. The maximum atomic E-state index is 13.3. The molecule has 0 saturated heterocycles. The SMILES string of the molecule is CC(C)Cn1nc(C(=O)NCc2cccnc2)c2c1CCN(C(=O)c1ccc3[nH]ccc3c1)C2. The second-order valence-corrected chi connectivity index (χ2v) is 9.15. The molecule has 8 heteroatoms. The number of nitrogens with one attached hydrogen (secondary N) is 2. The summed E-state index contributed by atoms with van der Waals surface area (Å²) in [6, 6.07) is 11.4. The summed E-state index contributed by atoms with van der Waals surface area (Å²) < 4.78 is 1.95. The summed E-state index contributed by atoms with van der Waals surface area (Å²) in [5, 5.41) is 8.66. The van der Waals surface area contributed by atoms with Crippen molar-refractivity contribution in [2.75, 3.05) is 6.54 Å². The Morgan fingerprint density at radius 3 is 2.88 bits per heavy atom. The predicted molar refractivity (Wildman–Crippen MR) is 129 cm³/mol. The zero-order valence-electron chi connectivity index (χ0n) is 19.4. The molecule has 0 spiro atoms. The number of carbonyl (C=O) groups excluding carboxylic acids is 2. The van der Waals surface area contributed by atoms with E-state index in [0.717, 1.165) is 34.3 Å². The van der Waals surface area contributed by atoms with Crippen LogP contribution in [-0.2, 0) is 26.1 Å². The number of hydrogen-bond donors (Lipinski definition) is 2. The molecule has 0 radical (unpaired) electrons. The van der Waals surface area contributed by atoms with Crippen molar-refractivity contribution in [3.63, 3.8) is 0 Å². The Hall–Kier alpha value is -3.94. The second kappa shape index (κ2) is 9.13. The van der Waals surface area contributed by atoms with Gasteiger partial charge in [0.15, 0.2) is 5.69 Å². The van der Waals surface area contributed by atoms with Gasteiger partial charge in [-0.15, -0.1) is 0 Å². The lowest BCUT2D eigenvalue weighted by Gasteiger charge is -2.28. The first-order valence-electron chi connectivity index (χ1n) is 11.6. The summed E-state index contributed by atoms with van der Waals surface area (Å²) in [5.41, 5.74) is 4.85. The maximum Gasteiger partial charge on any atom is 0.272 e. The van der Waals surface area contributed by atoms with Crippen molar-refractivity contribution in [1.82, 2.24) is 30.0 Å². The molecule has 1 aromatic carbocycles. The Labute approximate surface area is 198 Å². The fraction of sp³-hybridized carbons (Fsp3) is 0.308. The van der Waals surface area contributed by atoms with E-state index in [1.54, 1.807) is 12.4 Å². The van der Waals surface area contributed by atoms with Gasteiger partial charge in [-0.3, -0.25) is 19.3 Å². The number of carbonyl (C=O) groups is 2. The minimum atomic E-state index is -0.231. The van der Waals surface area contributed by atoms with E-state index in [4.69, 9.17) is 5.10 Å². The van der Waals surface area contributed by atoms with Crippen LogP contribution in [0.1, 0.15) is 51.5 Å². The molecule has 0 atom stereocenters. The molecule has 174 valence electrons. The van der Waals surface area contributed by atoms with Crippen LogP contribution in [0.3, 0.4) is 0 Å². The molecule has 0 unspecified atom stereocenters. The third kappa shape index (κ3) is 4.31. The first-order chi connectivity index (χ1) is 16.5. The van der Waals surface area contributed by atoms with Crippen LogP contribution >= 0.6 is 0 Å². The molecule has 2 amide bonds. The number of benzene rings is 1. The van der Waals surface area contributed by atoms with E-state index in [2.05, 4.69) is 29.1 Å². The van der Waals surface area contributed by atoms with Gasteiger partial charge in [0, 0.05) is 72.4 Å². The summed E-state index contributed by atoms with van der Waals surface area (Å²) in [5.74, 6) is 0.126. The van der Waals surface area contributed by atoms with E-state index in [9.17, 15) is 9.59 Å². The highest BCUT2D eigenvalue weighted by molar-refractivity contribution is 5.99. The number of pyridine rings is 1. The van der Waals surface area contributed by atoms with E-state index < -0.39 is 0 Å². The lowest BCUT2D eigenvalue weighted by atomic mass is 10.0. The van der Waals surface area contributed by atoms with Crippen LogP contribution in [0.5, 0.6) is 0 Å². The first kappa shape index (κ1) is 21.9. The number of aromatic amines is 1. The largest absolute Gasteiger partial charge is 0.361 e. The smallest absolute Gasteiger partial charge is 0.272 e. The Morgan fingerprint density at radius 2 is 2.09 bits per heavy atom. The third-order valence-electron chi connectivity index (χ3n) is 6.15. The molecule has 8 nitrogen and oxygen atoms in total. The molecule has 0 aliphatic carbocycles. The molecular formula is C26H28N6O2. The van der Waals surface area contributed by atoms with Crippen LogP contribution in [0.2, 0.25) is 0 Å². The molecule has 0 saturated carbocycles. The standard InChI is InChI=1S/C26H28N6O2/c1-17(2)15-32-23-8-11-31(26(34)20-5-6-22-19(12-20)7-10-28-22)16-21(23)24(30-32)25(33)29-14-18-4-3-9-27-13-18/h3-7,9-10,12-13,17,28H,8,11,14-16H2,1-2H3,(H,29,33). The molecular weight excluding hydrogens is 428 g/mol. The number of fused-ring (bicyclic) bond motifs is 2. The average molecular weight is 457 g/mol. The summed E-state index contributed by atoms with van der Waals surface area (Å²) >= 11 is 0. The fourth-order valence-electron chi connectivity index (χ4n) is 4.48. The van der Waals surface area contributed by atoms with Crippen LogP contribution in [0.15, 0.2) is 55.0 Å². The van der Waals surface area contributed by atoms with Gasteiger partial charge in [-0.05, 0) is 41.8 Å². The second-order valence-electron chi connectivity index (χ2n) is 9.15. The first-order valence-corrected chi connectivity index (χ1v) is 11.6. The molecule has 5 rings (SSSR count). The molecule has 1 aliphatic rings. The Kier molecular flexibility index (Phi) is 5.88. The lowest BCUT2D eigenvalue weighted by molar-refractivity contribution is 0.0730. The normalized spacial score (nSPS) is 13.3. The van der Waals surface area contributed by atoms with Crippen molar-refractivity contribution >= 4 is 22.7 Å². The number of aromatic nitrogens is 4. The molecule has 4 aromatic rings. The minimum absolute atomic E-state index is 0.0351. The van der Waals surface area contributed by atoms with Crippen LogP contribution < -0.4 is 5.32 Å². The van der Waals surface area contributed by atoms with Gasteiger partial charge in [0.05, 0.1) is 6.54 Å². The van der Waals surface area contributed by atoms with Crippen molar-refractivity contribution in [1.29, 1.82) is 0 Å². The van der Waals surface area contributed by atoms with Gasteiger partial charge in [0.25, 0.3) is 11.8 Å². The third-order valence-corrected chi connectivity index (χ3v) is 6.15. The van der Waals surface area contributed by atoms with Gasteiger partial charge < -0.3 is 15.2 Å². The quantitative estimate of drug-likeness (QED) is 0.464. The topological polar surface area (TPSA) is 95.9 Å². The zero-order chi connectivity index (χ0) is 23.7. The number of nitrogens with zero attached hydrogens (tertiary/aromatic N) is 4. The van der Waals surface area contributed by atoms with E-state index >= 15 is 0 Å². The molecule has 1 aliphatic heterocycles. The molecule has 34 heavy (non-hydrogen) atoms. The Bertz CT molecular complexity index is 1340. The van der Waals surface area contributed by atoms with E-state index in [-0.39, 0.29) is 11.8 Å². The van der Waals surface area contributed by atoms with E-state index in [0.29, 0.717) is 43.2 Å². The molecule has 0 fully saturated rings. The van der Waals surface area contributed by atoms with Crippen molar-refractivity contribution < 1.29 is 9.59 Å². The Morgan fingerprint density at radius 1 is 1.21 bits per heavy atom. The summed E-state index contributed by atoms with van der Waals surface area (Å²) in [6.45, 7) is 6.33. The molecule has 4 heterocycles. The maximum absolute atomic E-state index is 13.3. The van der Waals surface area contributed by atoms with Gasteiger partial charge in [0.2, 0.25) is 0 Å². The van der Waals surface area contributed by atoms with Gasteiger partial charge in [-0.2, -0.15) is 5.10 Å². The van der Waals surface area contributed by atoms with Crippen molar-refractivity contribution in [2.24, 2.45) is 5.92 Å². The van der Waals surface area contributed by atoms with Gasteiger partial charge in [-0.1, -0.05) is 19.9 Å². The van der Waals surface area contributed by atoms with Crippen LogP contribution in [0.25, 0.3) is 10.9 Å². The van der Waals surface area contributed by atoms with E-state index in [1.165, 1.54) is 0 Å².